The predicted octanol–water partition coefficient (Wildman–Crippen LogP) is 2.83. The number of nitrogens with zero attached hydrogens (tertiary/aromatic N) is 2. The molecule has 2 aromatic rings. The first-order chi connectivity index (χ1) is 7.29. The van der Waals surface area contributed by atoms with Crippen LogP contribution in [0.5, 0.6) is 0 Å². The Morgan fingerprint density at radius 3 is 3.07 bits per heavy atom. The van der Waals surface area contributed by atoms with Crippen LogP contribution in [0.2, 0.25) is 0 Å². The minimum atomic E-state index is 0.720. The summed E-state index contributed by atoms with van der Waals surface area (Å²) in [6.07, 6.45) is 4.89. The highest BCUT2D eigenvalue weighted by molar-refractivity contribution is 6.17. The molecule has 0 fully saturated rings. The van der Waals surface area contributed by atoms with Crippen LogP contribution >= 0.6 is 11.6 Å². The zero-order valence-electron chi connectivity index (χ0n) is 8.76. The number of aromatic nitrogens is 3. The van der Waals surface area contributed by atoms with Crippen LogP contribution in [0.15, 0.2) is 12.3 Å². The van der Waals surface area contributed by atoms with Crippen molar-refractivity contribution in [1.29, 1.82) is 0 Å². The molecule has 0 radical (unpaired) electrons. The van der Waals surface area contributed by atoms with E-state index in [1.165, 1.54) is 0 Å². The molecule has 0 unspecified atom stereocenters. The predicted molar refractivity (Wildman–Crippen MR) is 62.3 cm³/mol. The van der Waals surface area contributed by atoms with Crippen molar-refractivity contribution >= 4 is 22.8 Å². The van der Waals surface area contributed by atoms with Gasteiger partial charge >= 0.3 is 0 Å². The van der Waals surface area contributed by atoms with Crippen LogP contribution in [-0.4, -0.2) is 20.8 Å². The summed E-state index contributed by atoms with van der Waals surface area (Å²) in [6.45, 7) is 2.03. The van der Waals surface area contributed by atoms with E-state index in [2.05, 4.69) is 21.0 Å². The van der Waals surface area contributed by atoms with Gasteiger partial charge in [-0.05, 0) is 31.4 Å². The molecule has 80 valence electrons. The molecule has 0 bridgehead atoms. The molecule has 0 amide bonds. The number of rotatable bonds is 4. The second kappa shape index (κ2) is 4.62. The average molecular weight is 224 g/mol. The molecular formula is C11H14ClN3. The summed E-state index contributed by atoms with van der Waals surface area (Å²) in [7, 11) is 0. The van der Waals surface area contributed by atoms with Crippen LogP contribution in [0.25, 0.3) is 11.2 Å². The van der Waals surface area contributed by atoms with Gasteiger partial charge in [-0.2, -0.15) is 0 Å². The number of aryl methyl sites for hydroxylation is 2. The van der Waals surface area contributed by atoms with Crippen LogP contribution in [0.4, 0.5) is 0 Å². The molecule has 3 nitrogen and oxygen atoms in total. The van der Waals surface area contributed by atoms with Crippen molar-refractivity contribution in [3.8, 4) is 0 Å². The standard InChI is InChI=1S/C11H14ClN3/c1-8-6-9-11(13-7-8)15-10(14-9)4-2-3-5-12/h6-7H,2-5H2,1H3,(H,13,14,15). The van der Waals surface area contributed by atoms with E-state index in [9.17, 15) is 0 Å². The molecule has 0 saturated heterocycles. The third kappa shape index (κ3) is 2.48. The number of unbranched alkanes of at least 4 members (excludes halogenated alkanes) is 1. The van der Waals surface area contributed by atoms with E-state index in [1.54, 1.807) is 0 Å². The Balaban J connectivity index is 2.16. The van der Waals surface area contributed by atoms with Crippen molar-refractivity contribution in [3.05, 3.63) is 23.7 Å². The van der Waals surface area contributed by atoms with Gasteiger partial charge in [0.05, 0.1) is 5.52 Å². The van der Waals surface area contributed by atoms with Crippen LogP contribution in [-0.2, 0) is 6.42 Å². The van der Waals surface area contributed by atoms with Crippen LogP contribution in [0, 0.1) is 6.92 Å². The average Bonchev–Trinajstić information content (AvgIpc) is 2.60. The van der Waals surface area contributed by atoms with Crippen molar-refractivity contribution in [1.82, 2.24) is 15.0 Å². The maximum atomic E-state index is 5.62. The SMILES string of the molecule is Cc1cnc2nc(CCCCCl)[nH]c2c1. The molecule has 0 aliphatic rings. The van der Waals surface area contributed by atoms with Gasteiger partial charge in [0.2, 0.25) is 0 Å². The number of halogens is 1. The topological polar surface area (TPSA) is 41.6 Å². The monoisotopic (exact) mass is 223 g/mol. The van der Waals surface area contributed by atoms with Crippen molar-refractivity contribution in [2.75, 3.05) is 5.88 Å². The molecule has 4 heteroatoms. The summed E-state index contributed by atoms with van der Waals surface area (Å²) in [5.41, 5.74) is 2.98. The van der Waals surface area contributed by atoms with E-state index in [4.69, 9.17) is 11.6 Å². The molecule has 0 spiro atoms. The first-order valence-electron chi connectivity index (χ1n) is 5.17. The van der Waals surface area contributed by atoms with E-state index in [0.29, 0.717) is 0 Å². The summed E-state index contributed by atoms with van der Waals surface area (Å²) >= 11 is 5.62. The minimum absolute atomic E-state index is 0.720. The zero-order valence-corrected chi connectivity index (χ0v) is 9.51. The summed E-state index contributed by atoms with van der Waals surface area (Å²) in [5, 5.41) is 0. The summed E-state index contributed by atoms with van der Waals surface area (Å²) in [4.78, 5) is 12.0. The Morgan fingerprint density at radius 2 is 2.27 bits per heavy atom. The maximum absolute atomic E-state index is 5.62. The minimum Gasteiger partial charge on any atom is -0.341 e. The van der Waals surface area contributed by atoms with E-state index in [1.807, 2.05) is 13.1 Å². The van der Waals surface area contributed by atoms with Crippen LogP contribution < -0.4 is 0 Å². The quantitative estimate of drug-likeness (QED) is 0.640. The number of pyridine rings is 1. The third-order valence-corrected chi connectivity index (χ3v) is 2.59. The van der Waals surface area contributed by atoms with Gasteiger partial charge in [-0.15, -0.1) is 11.6 Å². The summed E-state index contributed by atoms with van der Waals surface area (Å²) in [5.74, 6) is 1.73. The van der Waals surface area contributed by atoms with E-state index in [0.717, 1.165) is 47.7 Å². The van der Waals surface area contributed by atoms with Gasteiger partial charge < -0.3 is 4.98 Å². The van der Waals surface area contributed by atoms with Crippen molar-refractivity contribution < 1.29 is 0 Å². The summed E-state index contributed by atoms with van der Waals surface area (Å²) < 4.78 is 0. The lowest BCUT2D eigenvalue weighted by molar-refractivity contribution is 0.768. The Bertz CT molecular complexity index is 450. The van der Waals surface area contributed by atoms with Crippen molar-refractivity contribution in [2.24, 2.45) is 0 Å². The first kappa shape index (κ1) is 10.4. The normalized spacial score (nSPS) is 11.1. The maximum Gasteiger partial charge on any atom is 0.177 e. The second-order valence-electron chi connectivity index (χ2n) is 3.71. The van der Waals surface area contributed by atoms with Crippen LogP contribution in [0.3, 0.4) is 0 Å². The van der Waals surface area contributed by atoms with E-state index < -0.39 is 0 Å². The van der Waals surface area contributed by atoms with E-state index >= 15 is 0 Å². The highest BCUT2D eigenvalue weighted by atomic mass is 35.5. The number of H-pyrrole nitrogens is 1. The third-order valence-electron chi connectivity index (χ3n) is 2.32. The van der Waals surface area contributed by atoms with E-state index in [-0.39, 0.29) is 0 Å². The molecule has 0 aromatic carbocycles. The van der Waals surface area contributed by atoms with Gasteiger partial charge in [-0.3, -0.25) is 0 Å². The fourth-order valence-electron chi connectivity index (χ4n) is 1.56. The molecule has 15 heavy (non-hydrogen) atoms. The Hall–Kier alpha value is -1.09. The van der Waals surface area contributed by atoms with Crippen LogP contribution in [0.1, 0.15) is 24.2 Å². The molecule has 0 aliphatic carbocycles. The Kier molecular flexibility index (Phi) is 3.21. The number of hydrogen-bond acceptors (Lipinski definition) is 2. The first-order valence-corrected chi connectivity index (χ1v) is 5.70. The molecule has 0 atom stereocenters. The molecule has 2 heterocycles. The fourth-order valence-corrected chi connectivity index (χ4v) is 1.75. The van der Waals surface area contributed by atoms with Crippen molar-refractivity contribution in [2.45, 2.75) is 26.2 Å². The molecule has 1 N–H and O–H groups in total. The molecule has 0 aliphatic heterocycles. The van der Waals surface area contributed by atoms with Gasteiger partial charge in [0.25, 0.3) is 0 Å². The highest BCUT2D eigenvalue weighted by Gasteiger charge is 2.03. The van der Waals surface area contributed by atoms with Gasteiger partial charge in [-0.1, -0.05) is 0 Å². The fraction of sp³-hybridized carbons (Fsp3) is 0.455. The molecule has 0 saturated carbocycles. The number of nitrogens with one attached hydrogen (secondary N) is 1. The smallest absolute Gasteiger partial charge is 0.177 e. The Morgan fingerprint density at radius 1 is 1.40 bits per heavy atom. The Labute approximate surface area is 93.9 Å². The largest absolute Gasteiger partial charge is 0.341 e. The van der Waals surface area contributed by atoms with Gasteiger partial charge in [0, 0.05) is 18.5 Å². The lowest BCUT2D eigenvalue weighted by Gasteiger charge is -1.92. The number of fused-ring (bicyclic) bond motifs is 1. The van der Waals surface area contributed by atoms with Crippen molar-refractivity contribution in [3.63, 3.8) is 0 Å². The lowest BCUT2D eigenvalue weighted by Crippen LogP contribution is -1.88. The summed E-state index contributed by atoms with van der Waals surface area (Å²) in [6, 6.07) is 2.07. The molecular weight excluding hydrogens is 210 g/mol. The number of imidazole rings is 1. The zero-order chi connectivity index (χ0) is 10.7. The highest BCUT2D eigenvalue weighted by Crippen LogP contribution is 2.11. The van der Waals surface area contributed by atoms with Gasteiger partial charge in [0.1, 0.15) is 5.82 Å². The number of hydrogen-bond donors (Lipinski definition) is 1. The molecule has 2 rings (SSSR count). The number of aromatic amines is 1. The lowest BCUT2D eigenvalue weighted by atomic mass is 10.2. The van der Waals surface area contributed by atoms with Gasteiger partial charge in [-0.25, -0.2) is 9.97 Å². The second-order valence-corrected chi connectivity index (χ2v) is 4.09. The van der Waals surface area contributed by atoms with Gasteiger partial charge in [0.15, 0.2) is 5.65 Å². The number of alkyl halides is 1. The molecule has 2 aromatic heterocycles.